The summed E-state index contributed by atoms with van der Waals surface area (Å²) in [5.41, 5.74) is 10.5. The average Bonchev–Trinajstić information content (AvgIpc) is 3.85. The fraction of sp³-hybridized carbons (Fsp3) is 0. The maximum absolute atomic E-state index is 5.35. The molecule has 0 atom stereocenters. The minimum Gasteiger partial charge on any atom is -0.309 e. The van der Waals surface area contributed by atoms with E-state index >= 15 is 0 Å². The molecule has 4 heterocycles. The van der Waals surface area contributed by atoms with Gasteiger partial charge in [-0.2, -0.15) is 4.98 Å². The molecule has 6 heteroatoms. The number of rotatable bonds is 4. The van der Waals surface area contributed by atoms with Crippen molar-refractivity contribution in [2.75, 3.05) is 0 Å². The highest BCUT2D eigenvalue weighted by molar-refractivity contribution is 6.10. The number of para-hydroxylation sites is 6. The summed E-state index contributed by atoms with van der Waals surface area (Å²) in [6.07, 6.45) is 0. The normalized spacial score (nSPS) is 11.9. The van der Waals surface area contributed by atoms with E-state index in [0.29, 0.717) is 11.6 Å². The maximum Gasteiger partial charge on any atom is 0.238 e. The molecule has 11 aromatic rings. The van der Waals surface area contributed by atoms with Gasteiger partial charge in [0.05, 0.1) is 33.1 Å². The van der Waals surface area contributed by atoms with E-state index in [4.69, 9.17) is 15.0 Å². The highest BCUT2D eigenvalue weighted by Gasteiger charge is 2.19. The van der Waals surface area contributed by atoms with E-state index in [1.165, 1.54) is 32.6 Å². The first-order chi connectivity index (χ1) is 25.3. The van der Waals surface area contributed by atoms with Gasteiger partial charge in [0.25, 0.3) is 0 Å². The lowest BCUT2D eigenvalue weighted by molar-refractivity contribution is 1.04. The molecule has 4 aromatic heterocycles. The second-order valence-corrected chi connectivity index (χ2v) is 12.9. The quantitative estimate of drug-likeness (QED) is 0.190. The molecule has 0 bridgehead atoms. The number of benzene rings is 7. The van der Waals surface area contributed by atoms with Gasteiger partial charge < -0.3 is 9.13 Å². The van der Waals surface area contributed by atoms with E-state index in [9.17, 15) is 0 Å². The van der Waals surface area contributed by atoms with E-state index in [0.717, 1.165) is 50.4 Å². The van der Waals surface area contributed by atoms with E-state index in [-0.39, 0.29) is 0 Å². The van der Waals surface area contributed by atoms with Crippen molar-refractivity contribution in [3.8, 4) is 34.2 Å². The molecule has 0 aliphatic rings. The van der Waals surface area contributed by atoms with Crippen LogP contribution in [0.25, 0.3) is 94.6 Å². The van der Waals surface area contributed by atoms with Crippen molar-refractivity contribution in [2.45, 2.75) is 0 Å². The molecule has 7 aromatic carbocycles. The van der Waals surface area contributed by atoms with Crippen LogP contribution in [0.3, 0.4) is 0 Å². The first-order valence-corrected chi connectivity index (χ1v) is 17.1. The van der Waals surface area contributed by atoms with Crippen molar-refractivity contribution >= 4 is 60.4 Å². The Labute approximate surface area is 292 Å². The Hall–Kier alpha value is -7.05. The zero-order chi connectivity index (χ0) is 33.5. The van der Waals surface area contributed by atoms with Crippen LogP contribution in [-0.4, -0.2) is 28.5 Å². The number of nitrogens with zero attached hydrogens (tertiary/aromatic N) is 6. The first-order valence-electron chi connectivity index (χ1n) is 17.1. The summed E-state index contributed by atoms with van der Waals surface area (Å²) in [6, 6.07) is 59.7. The number of fused-ring (bicyclic) bond motifs is 9. The summed E-state index contributed by atoms with van der Waals surface area (Å²) in [7, 11) is 0. The van der Waals surface area contributed by atoms with Crippen molar-refractivity contribution in [1.82, 2.24) is 28.5 Å². The summed E-state index contributed by atoms with van der Waals surface area (Å²) in [6.45, 7) is 0. The van der Waals surface area contributed by atoms with Gasteiger partial charge in [0.15, 0.2) is 5.82 Å². The third kappa shape index (κ3) is 4.14. The third-order valence-electron chi connectivity index (χ3n) is 10.1. The molecule has 11 rings (SSSR count). The number of aromatic nitrogens is 6. The fourth-order valence-electron chi connectivity index (χ4n) is 7.86. The molecule has 0 unspecified atom stereocenters. The van der Waals surface area contributed by atoms with Gasteiger partial charge in [0.1, 0.15) is 5.82 Å². The van der Waals surface area contributed by atoms with Crippen molar-refractivity contribution in [2.24, 2.45) is 0 Å². The lowest BCUT2D eigenvalue weighted by Gasteiger charge is -2.13. The minimum atomic E-state index is 0.612. The van der Waals surface area contributed by atoms with Crippen LogP contribution in [0.15, 0.2) is 170 Å². The standard InChI is InChI=1S/C45H28N6/c1-6-22-38-33(17-1)34-18-2-7-23-39(34)49(38)31-15-11-13-29(27-31)43-47-44(51-42-26-10-5-21-37(42)46-45(51)48-43)30-14-12-16-32(28-30)50-40-24-8-3-19-35(40)36-20-4-9-25-41(36)50/h1-28H. The zero-order valence-corrected chi connectivity index (χ0v) is 27.3. The molecule has 0 amide bonds. The molecule has 0 fully saturated rings. The van der Waals surface area contributed by atoms with E-state index < -0.39 is 0 Å². The molecule has 0 saturated carbocycles. The fourth-order valence-corrected chi connectivity index (χ4v) is 7.86. The SMILES string of the molecule is c1cc(-c2nc(-c3cccc(-n4c5ccccc5c5ccccc54)c3)n3c(n2)nc2ccccc23)cc(-n2c3ccccc3c3ccccc32)c1. The highest BCUT2D eigenvalue weighted by Crippen LogP contribution is 2.36. The van der Waals surface area contributed by atoms with Gasteiger partial charge in [0.2, 0.25) is 5.78 Å². The van der Waals surface area contributed by atoms with E-state index in [1.54, 1.807) is 0 Å². The Morgan fingerprint density at radius 3 is 1.35 bits per heavy atom. The second kappa shape index (κ2) is 10.7. The van der Waals surface area contributed by atoms with E-state index in [2.05, 4.69) is 165 Å². The molecule has 0 radical (unpaired) electrons. The summed E-state index contributed by atoms with van der Waals surface area (Å²) >= 11 is 0. The molecule has 0 aliphatic heterocycles. The number of hydrogen-bond donors (Lipinski definition) is 0. The first kappa shape index (κ1) is 27.9. The van der Waals surface area contributed by atoms with Gasteiger partial charge in [-0.15, -0.1) is 0 Å². The van der Waals surface area contributed by atoms with Gasteiger partial charge in [-0.25, -0.2) is 9.97 Å². The highest BCUT2D eigenvalue weighted by atomic mass is 15.2. The molecule has 6 nitrogen and oxygen atoms in total. The zero-order valence-electron chi connectivity index (χ0n) is 27.3. The van der Waals surface area contributed by atoms with Crippen LogP contribution in [0.5, 0.6) is 0 Å². The van der Waals surface area contributed by atoms with Gasteiger partial charge in [0, 0.05) is 44.0 Å². The Kier molecular flexibility index (Phi) is 5.86. The smallest absolute Gasteiger partial charge is 0.238 e. The van der Waals surface area contributed by atoms with Gasteiger partial charge in [-0.3, -0.25) is 4.40 Å². The molecular weight excluding hydrogens is 625 g/mol. The van der Waals surface area contributed by atoms with Crippen LogP contribution >= 0.6 is 0 Å². The lowest BCUT2D eigenvalue weighted by Crippen LogP contribution is -2.03. The predicted molar refractivity (Wildman–Crippen MR) is 208 cm³/mol. The van der Waals surface area contributed by atoms with Gasteiger partial charge >= 0.3 is 0 Å². The summed E-state index contributed by atoms with van der Waals surface area (Å²) in [5.74, 6) is 2.02. The van der Waals surface area contributed by atoms with Crippen molar-refractivity contribution in [1.29, 1.82) is 0 Å². The third-order valence-corrected chi connectivity index (χ3v) is 10.1. The predicted octanol–water partition coefficient (Wildman–Crippen LogP) is 10.8. The van der Waals surface area contributed by atoms with Crippen LogP contribution in [0.1, 0.15) is 0 Å². The Balaban J connectivity index is 1.14. The summed E-state index contributed by atoms with van der Waals surface area (Å²) in [5, 5.41) is 4.92. The Morgan fingerprint density at radius 2 is 0.804 bits per heavy atom. The number of imidazole rings is 1. The van der Waals surface area contributed by atoms with Crippen LogP contribution < -0.4 is 0 Å². The molecular formula is C45H28N6. The molecule has 0 spiro atoms. The molecule has 0 saturated heterocycles. The van der Waals surface area contributed by atoms with Crippen LogP contribution in [0.2, 0.25) is 0 Å². The van der Waals surface area contributed by atoms with Crippen molar-refractivity contribution in [3.63, 3.8) is 0 Å². The Morgan fingerprint density at radius 1 is 0.353 bits per heavy atom. The molecule has 238 valence electrons. The van der Waals surface area contributed by atoms with Gasteiger partial charge in [-0.1, -0.05) is 109 Å². The largest absolute Gasteiger partial charge is 0.309 e. The monoisotopic (exact) mass is 652 g/mol. The van der Waals surface area contributed by atoms with E-state index in [1.807, 2.05) is 18.2 Å². The van der Waals surface area contributed by atoms with Crippen molar-refractivity contribution in [3.05, 3.63) is 170 Å². The number of hydrogen-bond acceptors (Lipinski definition) is 3. The lowest BCUT2D eigenvalue weighted by atomic mass is 10.1. The second-order valence-electron chi connectivity index (χ2n) is 12.9. The molecule has 51 heavy (non-hydrogen) atoms. The summed E-state index contributed by atoms with van der Waals surface area (Å²) < 4.78 is 6.75. The maximum atomic E-state index is 5.35. The van der Waals surface area contributed by atoms with Crippen molar-refractivity contribution < 1.29 is 0 Å². The van der Waals surface area contributed by atoms with Crippen LogP contribution in [0.4, 0.5) is 0 Å². The molecule has 0 N–H and O–H groups in total. The van der Waals surface area contributed by atoms with Crippen LogP contribution in [-0.2, 0) is 0 Å². The minimum absolute atomic E-state index is 0.612. The van der Waals surface area contributed by atoms with Crippen LogP contribution in [0, 0.1) is 0 Å². The molecule has 0 aliphatic carbocycles. The topological polar surface area (TPSA) is 52.9 Å². The summed E-state index contributed by atoms with van der Waals surface area (Å²) in [4.78, 5) is 15.4. The average molecular weight is 653 g/mol. The Bertz CT molecular complexity index is 3050. The van der Waals surface area contributed by atoms with Gasteiger partial charge in [-0.05, 0) is 60.7 Å².